The van der Waals surface area contributed by atoms with E-state index in [1.165, 1.54) is 4.57 Å². The molecule has 0 aliphatic carbocycles. The maximum Gasteiger partial charge on any atom is 0.351 e. The summed E-state index contributed by atoms with van der Waals surface area (Å²) in [5.74, 6) is 3.12. The molecule has 1 aromatic heterocycles. The number of anilines is 2. The first-order valence-electron chi connectivity index (χ1n) is 14.2. The van der Waals surface area contributed by atoms with E-state index in [9.17, 15) is 4.79 Å². The summed E-state index contributed by atoms with van der Waals surface area (Å²) in [5, 5.41) is 0. The van der Waals surface area contributed by atoms with E-state index in [2.05, 4.69) is 4.98 Å². The van der Waals surface area contributed by atoms with Crippen molar-refractivity contribution in [3.63, 3.8) is 0 Å². The number of benzene rings is 4. The van der Waals surface area contributed by atoms with Crippen LogP contribution in [0.2, 0.25) is 0 Å². The van der Waals surface area contributed by atoms with E-state index in [1.807, 2.05) is 115 Å². The van der Waals surface area contributed by atoms with Gasteiger partial charge >= 0.3 is 5.69 Å². The summed E-state index contributed by atoms with van der Waals surface area (Å²) >= 11 is 0. The van der Waals surface area contributed by atoms with Gasteiger partial charge in [0.1, 0.15) is 23.8 Å². The van der Waals surface area contributed by atoms with Crippen LogP contribution in [-0.4, -0.2) is 44.0 Å². The molecular weight excluding hydrogens is 558 g/mol. The standard InChI is InChI=1S/C35H33N3O6/c1-37-30-11-7-8-12-31(30)44-32-23-38(34(39)36-33(32)37)24-42-21-22-43-35(25-9-5-4-6-10-25,26-13-17-28(40-2)18-14-26)27-15-19-29(41-3)20-16-27/h4-20,23H,21-22,24H2,1-3H3. The Balaban J connectivity index is 1.24. The van der Waals surface area contributed by atoms with Gasteiger partial charge in [0.25, 0.3) is 0 Å². The van der Waals surface area contributed by atoms with Crippen LogP contribution < -0.4 is 24.8 Å². The molecule has 0 atom stereocenters. The number of fused-ring (bicyclic) bond motifs is 2. The molecule has 4 aromatic carbocycles. The van der Waals surface area contributed by atoms with Crippen molar-refractivity contribution in [3.05, 3.63) is 136 Å². The molecule has 0 radical (unpaired) electrons. The minimum atomic E-state index is -0.959. The second kappa shape index (κ2) is 12.6. The van der Waals surface area contributed by atoms with Crippen LogP contribution in [-0.2, 0) is 21.8 Å². The van der Waals surface area contributed by atoms with Gasteiger partial charge in [0, 0.05) is 7.05 Å². The fraction of sp³-hybridized carbons (Fsp3) is 0.200. The number of hydrogen-bond donors (Lipinski definition) is 0. The first kappa shape index (κ1) is 29.0. The van der Waals surface area contributed by atoms with Gasteiger partial charge in [0.2, 0.25) is 0 Å². The van der Waals surface area contributed by atoms with Crippen molar-refractivity contribution in [1.82, 2.24) is 9.55 Å². The molecule has 44 heavy (non-hydrogen) atoms. The lowest BCUT2D eigenvalue weighted by atomic mass is 9.80. The largest absolute Gasteiger partial charge is 0.497 e. The van der Waals surface area contributed by atoms with Crippen LogP contribution in [0.15, 0.2) is 114 Å². The average molecular weight is 592 g/mol. The van der Waals surface area contributed by atoms with Crippen LogP contribution in [0.25, 0.3) is 0 Å². The minimum Gasteiger partial charge on any atom is -0.497 e. The van der Waals surface area contributed by atoms with Gasteiger partial charge < -0.3 is 28.6 Å². The number of methoxy groups -OCH3 is 2. The van der Waals surface area contributed by atoms with Crippen LogP contribution in [0, 0.1) is 0 Å². The van der Waals surface area contributed by atoms with Gasteiger partial charge in [-0.25, -0.2) is 4.79 Å². The van der Waals surface area contributed by atoms with Crippen LogP contribution in [0.4, 0.5) is 11.5 Å². The SMILES string of the molecule is COc1ccc(C(OCCOCn2cc3c(nc2=O)N(C)c2ccccc2O3)(c2ccccc2)c2ccc(OC)cc2)cc1. The van der Waals surface area contributed by atoms with E-state index in [4.69, 9.17) is 23.7 Å². The van der Waals surface area contributed by atoms with Crippen LogP contribution in [0.3, 0.4) is 0 Å². The van der Waals surface area contributed by atoms with Crippen LogP contribution in [0.5, 0.6) is 23.0 Å². The molecule has 0 saturated carbocycles. The second-order valence-electron chi connectivity index (χ2n) is 10.2. The Bertz CT molecular complexity index is 1720. The topological polar surface area (TPSA) is 84.3 Å². The van der Waals surface area contributed by atoms with Crippen molar-refractivity contribution in [2.45, 2.75) is 12.3 Å². The van der Waals surface area contributed by atoms with Crippen LogP contribution >= 0.6 is 0 Å². The number of para-hydroxylation sites is 2. The number of rotatable bonds is 11. The highest BCUT2D eigenvalue weighted by Gasteiger charge is 2.37. The molecule has 6 rings (SSSR count). The van der Waals surface area contributed by atoms with Crippen molar-refractivity contribution in [1.29, 1.82) is 0 Å². The Kier molecular flexibility index (Phi) is 8.31. The molecule has 0 unspecified atom stereocenters. The third-order valence-corrected chi connectivity index (χ3v) is 7.65. The Morgan fingerprint density at radius 3 is 1.95 bits per heavy atom. The molecule has 5 aromatic rings. The van der Waals surface area contributed by atoms with Gasteiger partial charge in [-0.15, -0.1) is 0 Å². The summed E-state index contributed by atoms with van der Waals surface area (Å²) in [4.78, 5) is 19.0. The molecule has 0 fully saturated rings. The summed E-state index contributed by atoms with van der Waals surface area (Å²) in [6, 6.07) is 33.4. The van der Waals surface area contributed by atoms with Crippen molar-refractivity contribution < 1.29 is 23.7 Å². The normalized spacial score (nSPS) is 12.2. The summed E-state index contributed by atoms with van der Waals surface area (Å²) in [5.41, 5.74) is 2.24. The quantitative estimate of drug-likeness (QED) is 0.134. The number of aromatic nitrogens is 2. The maximum absolute atomic E-state index is 12.9. The van der Waals surface area contributed by atoms with Crippen molar-refractivity contribution in [2.24, 2.45) is 0 Å². The van der Waals surface area contributed by atoms with Gasteiger partial charge in [0.05, 0.1) is 39.3 Å². The Morgan fingerprint density at radius 1 is 0.727 bits per heavy atom. The second-order valence-corrected chi connectivity index (χ2v) is 10.2. The van der Waals surface area contributed by atoms with Gasteiger partial charge in [0.15, 0.2) is 17.3 Å². The monoisotopic (exact) mass is 591 g/mol. The van der Waals surface area contributed by atoms with E-state index in [0.29, 0.717) is 17.3 Å². The summed E-state index contributed by atoms with van der Waals surface area (Å²) in [6.45, 7) is 0.432. The average Bonchev–Trinajstić information content (AvgIpc) is 3.08. The van der Waals surface area contributed by atoms with Crippen molar-refractivity contribution >= 4 is 11.5 Å². The molecule has 0 amide bonds. The van der Waals surface area contributed by atoms with Gasteiger partial charge in [-0.3, -0.25) is 4.57 Å². The first-order chi connectivity index (χ1) is 21.5. The molecule has 0 saturated heterocycles. The zero-order valence-corrected chi connectivity index (χ0v) is 24.8. The maximum atomic E-state index is 12.9. The molecule has 0 N–H and O–H groups in total. The van der Waals surface area contributed by atoms with Gasteiger partial charge in [-0.05, 0) is 53.1 Å². The molecule has 9 heteroatoms. The van der Waals surface area contributed by atoms with E-state index < -0.39 is 11.3 Å². The third-order valence-electron chi connectivity index (χ3n) is 7.65. The molecule has 0 bridgehead atoms. The van der Waals surface area contributed by atoms with Gasteiger partial charge in [-0.2, -0.15) is 4.98 Å². The summed E-state index contributed by atoms with van der Waals surface area (Å²) in [7, 11) is 5.14. The minimum absolute atomic E-state index is 0.0133. The van der Waals surface area contributed by atoms with Crippen LogP contribution in [0.1, 0.15) is 16.7 Å². The van der Waals surface area contributed by atoms with Crippen molar-refractivity contribution in [2.75, 3.05) is 39.4 Å². The summed E-state index contributed by atoms with van der Waals surface area (Å²) in [6.07, 6.45) is 1.63. The highest BCUT2D eigenvalue weighted by Crippen LogP contribution is 2.44. The summed E-state index contributed by atoms with van der Waals surface area (Å²) < 4.78 is 31.0. The lowest BCUT2D eigenvalue weighted by molar-refractivity contribution is -0.0371. The number of hydrogen-bond acceptors (Lipinski definition) is 8. The molecule has 9 nitrogen and oxygen atoms in total. The Morgan fingerprint density at radius 2 is 1.32 bits per heavy atom. The van der Waals surface area contributed by atoms with E-state index in [1.54, 1.807) is 20.4 Å². The molecule has 0 spiro atoms. The molecule has 1 aliphatic rings. The smallest absolute Gasteiger partial charge is 0.351 e. The number of ether oxygens (including phenoxy) is 5. The highest BCUT2D eigenvalue weighted by atomic mass is 16.5. The zero-order chi connectivity index (χ0) is 30.5. The van der Waals surface area contributed by atoms with Gasteiger partial charge in [-0.1, -0.05) is 66.7 Å². The van der Waals surface area contributed by atoms with E-state index in [-0.39, 0.29) is 19.9 Å². The molecule has 1 aliphatic heterocycles. The first-order valence-corrected chi connectivity index (χ1v) is 14.2. The highest BCUT2D eigenvalue weighted by molar-refractivity contribution is 5.74. The molecular formula is C35H33N3O6. The fourth-order valence-corrected chi connectivity index (χ4v) is 5.41. The fourth-order valence-electron chi connectivity index (χ4n) is 5.41. The predicted octanol–water partition coefficient (Wildman–Crippen LogP) is 6.12. The van der Waals surface area contributed by atoms with E-state index in [0.717, 1.165) is 33.9 Å². The predicted molar refractivity (Wildman–Crippen MR) is 167 cm³/mol. The molecule has 2 heterocycles. The third kappa shape index (κ3) is 5.50. The van der Waals surface area contributed by atoms with E-state index >= 15 is 0 Å². The lowest BCUT2D eigenvalue weighted by Crippen LogP contribution is -2.34. The zero-order valence-electron chi connectivity index (χ0n) is 24.8. The number of nitrogens with zero attached hydrogens (tertiary/aromatic N) is 3. The molecule has 224 valence electrons. The lowest BCUT2D eigenvalue weighted by Gasteiger charge is -2.36. The Hall–Kier alpha value is -5.12. The Labute approximate surface area is 255 Å². The van der Waals surface area contributed by atoms with Crippen molar-refractivity contribution in [3.8, 4) is 23.0 Å².